The molecule has 0 aromatic carbocycles. The SMILES string of the molecule is COC1C=C(CNC(=O)C2CNC2)C=CN1. The number of hydrogen-bond acceptors (Lipinski definition) is 4. The Morgan fingerprint density at radius 3 is 3.06 bits per heavy atom. The molecular formula is C11H17N3O2. The van der Waals surface area contributed by atoms with Gasteiger partial charge in [0.15, 0.2) is 0 Å². The van der Waals surface area contributed by atoms with Crippen LogP contribution >= 0.6 is 0 Å². The quantitative estimate of drug-likeness (QED) is 0.592. The number of amides is 1. The second kappa shape index (κ2) is 5.14. The van der Waals surface area contributed by atoms with Crippen molar-refractivity contribution in [1.82, 2.24) is 16.0 Å². The maximum Gasteiger partial charge on any atom is 0.225 e. The Labute approximate surface area is 94.9 Å². The minimum Gasteiger partial charge on any atom is -0.363 e. The Balaban J connectivity index is 1.78. The second-order valence-electron chi connectivity index (χ2n) is 3.97. The number of carbonyl (C=O) groups is 1. The third-order valence-electron chi connectivity index (χ3n) is 2.80. The van der Waals surface area contributed by atoms with Crippen LogP contribution in [0, 0.1) is 5.92 Å². The predicted octanol–water partition coefficient (Wildman–Crippen LogP) is -0.662. The lowest BCUT2D eigenvalue weighted by atomic mass is 10.0. The molecule has 5 heteroatoms. The van der Waals surface area contributed by atoms with Gasteiger partial charge in [-0.1, -0.05) is 0 Å². The van der Waals surface area contributed by atoms with Crippen molar-refractivity contribution >= 4 is 5.91 Å². The van der Waals surface area contributed by atoms with Crippen molar-refractivity contribution in [3.8, 4) is 0 Å². The molecule has 88 valence electrons. The maximum atomic E-state index is 11.6. The van der Waals surface area contributed by atoms with Gasteiger partial charge < -0.3 is 20.7 Å². The van der Waals surface area contributed by atoms with E-state index in [1.165, 1.54) is 0 Å². The molecule has 2 aliphatic heterocycles. The fourth-order valence-electron chi connectivity index (χ4n) is 1.61. The topological polar surface area (TPSA) is 62.4 Å². The summed E-state index contributed by atoms with van der Waals surface area (Å²) in [7, 11) is 1.64. The average Bonchev–Trinajstić information content (AvgIpc) is 2.24. The molecule has 2 aliphatic rings. The minimum atomic E-state index is -0.0951. The van der Waals surface area contributed by atoms with E-state index in [0.29, 0.717) is 6.54 Å². The molecule has 3 N–H and O–H groups in total. The number of ether oxygens (including phenoxy) is 1. The fraction of sp³-hybridized carbons (Fsp3) is 0.545. The summed E-state index contributed by atoms with van der Waals surface area (Å²) in [6.07, 6.45) is 5.64. The molecule has 0 spiro atoms. The summed E-state index contributed by atoms with van der Waals surface area (Å²) >= 11 is 0. The molecule has 0 radical (unpaired) electrons. The summed E-state index contributed by atoms with van der Waals surface area (Å²) in [4.78, 5) is 11.6. The van der Waals surface area contributed by atoms with Gasteiger partial charge >= 0.3 is 0 Å². The minimum absolute atomic E-state index is 0.0951. The Morgan fingerprint density at radius 1 is 1.62 bits per heavy atom. The highest BCUT2D eigenvalue weighted by molar-refractivity contribution is 5.80. The highest BCUT2D eigenvalue weighted by Crippen LogP contribution is 2.06. The van der Waals surface area contributed by atoms with Crippen LogP contribution in [0.15, 0.2) is 23.9 Å². The van der Waals surface area contributed by atoms with E-state index in [9.17, 15) is 4.79 Å². The van der Waals surface area contributed by atoms with Crippen molar-refractivity contribution < 1.29 is 9.53 Å². The second-order valence-corrected chi connectivity index (χ2v) is 3.97. The summed E-state index contributed by atoms with van der Waals surface area (Å²) in [6.45, 7) is 2.15. The van der Waals surface area contributed by atoms with Gasteiger partial charge in [-0.05, 0) is 23.9 Å². The van der Waals surface area contributed by atoms with E-state index in [-0.39, 0.29) is 18.1 Å². The normalized spacial score (nSPS) is 24.3. The van der Waals surface area contributed by atoms with E-state index < -0.39 is 0 Å². The van der Waals surface area contributed by atoms with Gasteiger partial charge in [-0.15, -0.1) is 0 Å². The first-order valence-corrected chi connectivity index (χ1v) is 5.44. The first kappa shape index (κ1) is 11.2. The molecule has 0 bridgehead atoms. The lowest BCUT2D eigenvalue weighted by Gasteiger charge is -2.26. The molecule has 16 heavy (non-hydrogen) atoms. The summed E-state index contributed by atoms with van der Waals surface area (Å²) in [5.74, 6) is 0.269. The van der Waals surface area contributed by atoms with E-state index in [0.717, 1.165) is 18.7 Å². The largest absolute Gasteiger partial charge is 0.363 e. The van der Waals surface area contributed by atoms with Gasteiger partial charge in [0.1, 0.15) is 6.23 Å². The zero-order valence-electron chi connectivity index (χ0n) is 9.32. The Hall–Kier alpha value is -1.33. The standard InChI is InChI=1S/C11H17N3O2/c1-16-10-4-8(2-3-13-10)5-14-11(15)9-6-12-7-9/h2-4,9-10,12-13H,5-7H2,1H3,(H,14,15). The van der Waals surface area contributed by atoms with Crippen molar-refractivity contribution in [2.75, 3.05) is 26.7 Å². The molecule has 0 aromatic heterocycles. The Morgan fingerprint density at radius 2 is 2.44 bits per heavy atom. The molecule has 1 unspecified atom stereocenters. The zero-order chi connectivity index (χ0) is 11.4. The van der Waals surface area contributed by atoms with Crippen molar-refractivity contribution in [3.05, 3.63) is 23.9 Å². The lowest BCUT2D eigenvalue weighted by molar-refractivity contribution is -0.126. The average molecular weight is 223 g/mol. The molecule has 1 amide bonds. The first-order valence-electron chi connectivity index (χ1n) is 5.44. The van der Waals surface area contributed by atoms with Gasteiger partial charge in [-0.3, -0.25) is 4.79 Å². The number of carbonyl (C=O) groups excluding carboxylic acids is 1. The van der Waals surface area contributed by atoms with Crippen LogP contribution < -0.4 is 16.0 Å². The number of nitrogens with one attached hydrogen (secondary N) is 3. The smallest absolute Gasteiger partial charge is 0.225 e. The summed E-state index contributed by atoms with van der Waals surface area (Å²) in [6, 6.07) is 0. The van der Waals surface area contributed by atoms with Crippen LogP contribution in [-0.2, 0) is 9.53 Å². The van der Waals surface area contributed by atoms with Crippen molar-refractivity contribution in [1.29, 1.82) is 0 Å². The molecule has 5 nitrogen and oxygen atoms in total. The van der Waals surface area contributed by atoms with E-state index in [1.54, 1.807) is 7.11 Å². The predicted molar refractivity (Wildman–Crippen MR) is 60.5 cm³/mol. The summed E-state index contributed by atoms with van der Waals surface area (Å²) in [5, 5.41) is 9.02. The summed E-state index contributed by atoms with van der Waals surface area (Å²) < 4.78 is 5.15. The van der Waals surface area contributed by atoms with E-state index in [4.69, 9.17) is 4.74 Å². The molecule has 1 fully saturated rings. The lowest BCUT2D eigenvalue weighted by Crippen LogP contribution is -2.51. The molecule has 0 aliphatic carbocycles. The highest BCUT2D eigenvalue weighted by atomic mass is 16.5. The van der Waals surface area contributed by atoms with Crippen molar-refractivity contribution in [2.24, 2.45) is 5.92 Å². The van der Waals surface area contributed by atoms with Crippen LogP contribution in [0.25, 0.3) is 0 Å². The van der Waals surface area contributed by atoms with Crippen LogP contribution in [-0.4, -0.2) is 38.9 Å². The third kappa shape index (κ3) is 2.62. The number of methoxy groups -OCH3 is 1. The first-order chi connectivity index (χ1) is 7.79. The molecular weight excluding hydrogens is 206 g/mol. The van der Waals surface area contributed by atoms with Crippen molar-refractivity contribution in [2.45, 2.75) is 6.23 Å². The Kier molecular flexibility index (Phi) is 3.58. The number of hydrogen-bond donors (Lipinski definition) is 3. The van der Waals surface area contributed by atoms with Gasteiger partial charge in [-0.2, -0.15) is 0 Å². The fourth-order valence-corrected chi connectivity index (χ4v) is 1.61. The monoisotopic (exact) mass is 223 g/mol. The van der Waals surface area contributed by atoms with E-state index in [2.05, 4.69) is 16.0 Å². The molecule has 2 rings (SSSR count). The van der Waals surface area contributed by atoms with Crippen LogP contribution in [0.2, 0.25) is 0 Å². The van der Waals surface area contributed by atoms with Crippen LogP contribution in [0.3, 0.4) is 0 Å². The molecule has 0 saturated carbocycles. The van der Waals surface area contributed by atoms with Gasteiger partial charge in [0.25, 0.3) is 0 Å². The highest BCUT2D eigenvalue weighted by Gasteiger charge is 2.24. The van der Waals surface area contributed by atoms with Crippen LogP contribution in [0.1, 0.15) is 0 Å². The molecule has 2 heterocycles. The van der Waals surface area contributed by atoms with Crippen molar-refractivity contribution in [3.63, 3.8) is 0 Å². The molecule has 0 aromatic rings. The van der Waals surface area contributed by atoms with E-state index in [1.807, 2.05) is 18.4 Å². The van der Waals surface area contributed by atoms with Gasteiger partial charge in [0, 0.05) is 26.7 Å². The maximum absolute atomic E-state index is 11.6. The summed E-state index contributed by atoms with van der Waals surface area (Å²) in [5.41, 5.74) is 1.06. The van der Waals surface area contributed by atoms with Gasteiger partial charge in [-0.25, -0.2) is 0 Å². The van der Waals surface area contributed by atoms with Gasteiger partial charge in [0.2, 0.25) is 5.91 Å². The third-order valence-corrected chi connectivity index (χ3v) is 2.80. The molecule has 1 atom stereocenters. The molecule has 1 saturated heterocycles. The number of dihydropyridines is 1. The van der Waals surface area contributed by atoms with Crippen LogP contribution in [0.5, 0.6) is 0 Å². The van der Waals surface area contributed by atoms with Crippen LogP contribution in [0.4, 0.5) is 0 Å². The zero-order valence-corrected chi connectivity index (χ0v) is 9.32. The Bertz CT molecular complexity index is 321. The number of rotatable bonds is 4. The van der Waals surface area contributed by atoms with E-state index >= 15 is 0 Å². The van der Waals surface area contributed by atoms with Gasteiger partial charge in [0.05, 0.1) is 5.92 Å².